The number of nitrogens with one attached hydrogen (secondary N) is 1. The normalized spacial score (nSPS) is 19.1. The predicted octanol–water partition coefficient (Wildman–Crippen LogP) is 2.56. The molecule has 3 amide bonds. The fraction of sp³-hybridized carbons (Fsp3) is 0.333. The van der Waals surface area contributed by atoms with E-state index in [9.17, 15) is 9.59 Å². The summed E-state index contributed by atoms with van der Waals surface area (Å²) in [4.78, 5) is 28.7. The lowest BCUT2D eigenvalue weighted by Gasteiger charge is -2.25. The molecule has 1 N–H and O–H groups in total. The van der Waals surface area contributed by atoms with E-state index in [1.165, 1.54) is 4.90 Å². The second kappa shape index (κ2) is 7.90. The highest BCUT2D eigenvalue weighted by Crippen LogP contribution is 2.31. The van der Waals surface area contributed by atoms with Crippen LogP contribution in [-0.2, 0) is 16.9 Å². The Bertz CT molecular complexity index is 868. The number of hydrogen-bond donors (Lipinski definition) is 1. The van der Waals surface area contributed by atoms with Crippen LogP contribution in [0.2, 0.25) is 0 Å². The van der Waals surface area contributed by atoms with Crippen LogP contribution in [0.25, 0.3) is 0 Å². The molecular weight excluding hydrogens is 358 g/mol. The Balaban J connectivity index is 1.72. The van der Waals surface area contributed by atoms with Gasteiger partial charge in [0.15, 0.2) is 0 Å². The van der Waals surface area contributed by atoms with E-state index in [0.29, 0.717) is 17.9 Å². The van der Waals surface area contributed by atoms with Gasteiger partial charge in [0.1, 0.15) is 17.0 Å². The first-order valence-electron chi connectivity index (χ1n) is 8.97. The van der Waals surface area contributed by atoms with Crippen LogP contribution in [0.15, 0.2) is 48.5 Å². The molecule has 2 aromatic carbocycles. The molecule has 0 unspecified atom stereocenters. The zero-order chi connectivity index (χ0) is 20.3. The maximum absolute atomic E-state index is 13.1. The molecule has 3 rings (SSSR count). The van der Waals surface area contributed by atoms with Gasteiger partial charge in [-0.05, 0) is 49.4 Å². The van der Waals surface area contributed by atoms with Gasteiger partial charge >= 0.3 is 6.03 Å². The van der Waals surface area contributed by atoms with Crippen LogP contribution < -0.4 is 14.8 Å². The molecule has 2 aromatic rings. The van der Waals surface area contributed by atoms with Crippen molar-refractivity contribution in [3.8, 4) is 11.5 Å². The summed E-state index contributed by atoms with van der Waals surface area (Å²) in [7, 11) is 5.06. The van der Waals surface area contributed by atoms with Crippen molar-refractivity contribution in [3.05, 3.63) is 59.7 Å². The van der Waals surface area contributed by atoms with Gasteiger partial charge in [-0.2, -0.15) is 0 Å². The van der Waals surface area contributed by atoms with E-state index in [1.54, 1.807) is 39.3 Å². The van der Waals surface area contributed by atoms with Gasteiger partial charge in [-0.1, -0.05) is 24.3 Å². The van der Waals surface area contributed by atoms with Crippen LogP contribution in [0.4, 0.5) is 4.79 Å². The van der Waals surface area contributed by atoms with Gasteiger partial charge < -0.3 is 14.8 Å². The van der Waals surface area contributed by atoms with Crippen LogP contribution in [0.5, 0.6) is 11.5 Å². The highest BCUT2D eigenvalue weighted by molar-refractivity contribution is 6.07. The van der Waals surface area contributed by atoms with Crippen LogP contribution in [0.1, 0.15) is 18.1 Å². The maximum atomic E-state index is 13.1. The predicted molar refractivity (Wildman–Crippen MR) is 105 cm³/mol. The first kappa shape index (κ1) is 19.7. The highest BCUT2D eigenvalue weighted by atomic mass is 16.5. The fourth-order valence-corrected chi connectivity index (χ4v) is 3.29. The average molecular weight is 383 g/mol. The number of carbonyl (C=O) groups is 2. The van der Waals surface area contributed by atoms with Crippen molar-refractivity contribution in [2.24, 2.45) is 0 Å². The number of amides is 3. The van der Waals surface area contributed by atoms with E-state index >= 15 is 0 Å². The SMILES string of the molecule is COc1ccc(CN(C)CN2C(=O)N[C@](C)(c3cccc(OC)c3)C2=O)cc1. The van der Waals surface area contributed by atoms with Crippen LogP contribution in [0.3, 0.4) is 0 Å². The largest absolute Gasteiger partial charge is 0.497 e. The van der Waals surface area contributed by atoms with E-state index < -0.39 is 11.6 Å². The lowest BCUT2D eigenvalue weighted by Crippen LogP contribution is -2.42. The van der Waals surface area contributed by atoms with E-state index in [1.807, 2.05) is 42.3 Å². The lowest BCUT2D eigenvalue weighted by atomic mass is 9.92. The summed E-state index contributed by atoms with van der Waals surface area (Å²) < 4.78 is 10.4. The summed E-state index contributed by atoms with van der Waals surface area (Å²) in [5.74, 6) is 1.14. The molecule has 0 bridgehead atoms. The molecule has 1 aliphatic rings. The molecule has 1 aliphatic heterocycles. The van der Waals surface area contributed by atoms with Crippen molar-refractivity contribution < 1.29 is 19.1 Å². The number of methoxy groups -OCH3 is 2. The topological polar surface area (TPSA) is 71.1 Å². The minimum Gasteiger partial charge on any atom is -0.497 e. The molecule has 7 heteroatoms. The van der Waals surface area contributed by atoms with Crippen molar-refractivity contribution in [1.29, 1.82) is 0 Å². The second-order valence-electron chi connectivity index (χ2n) is 7.02. The van der Waals surface area contributed by atoms with Crippen LogP contribution in [-0.4, -0.2) is 49.7 Å². The van der Waals surface area contributed by atoms with Gasteiger partial charge in [0.2, 0.25) is 0 Å². The van der Waals surface area contributed by atoms with Gasteiger partial charge in [-0.15, -0.1) is 0 Å². The van der Waals surface area contributed by atoms with E-state index in [2.05, 4.69) is 5.32 Å². The van der Waals surface area contributed by atoms with E-state index in [4.69, 9.17) is 9.47 Å². The third kappa shape index (κ3) is 3.80. The number of hydrogen-bond acceptors (Lipinski definition) is 5. The van der Waals surface area contributed by atoms with Crippen molar-refractivity contribution in [1.82, 2.24) is 15.1 Å². The van der Waals surface area contributed by atoms with Crippen molar-refractivity contribution >= 4 is 11.9 Å². The molecule has 1 atom stereocenters. The minimum absolute atomic E-state index is 0.191. The Morgan fingerprint density at radius 3 is 2.36 bits per heavy atom. The van der Waals surface area contributed by atoms with Gasteiger partial charge in [0, 0.05) is 6.54 Å². The third-order valence-electron chi connectivity index (χ3n) is 4.92. The molecule has 0 saturated carbocycles. The Labute approximate surface area is 164 Å². The molecule has 1 heterocycles. The first-order valence-corrected chi connectivity index (χ1v) is 8.97. The summed E-state index contributed by atoms with van der Waals surface area (Å²) in [6, 6.07) is 14.5. The molecule has 1 saturated heterocycles. The van der Waals surface area contributed by atoms with Gasteiger partial charge in [0.05, 0.1) is 20.9 Å². The molecule has 148 valence electrons. The highest BCUT2D eigenvalue weighted by Gasteiger charge is 2.49. The smallest absolute Gasteiger partial charge is 0.326 e. The van der Waals surface area contributed by atoms with Crippen LogP contribution >= 0.6 is 0 Å². The summed E-state index contributed by atoms with van der Waals surface area (Å²) >= 11 is 0. The monoisotopic (exact) mass is 383 g/mol. The molecule has 28 heavy (non-hydrogen) atoms. The Kier molecular flexibility index (Phi) is 5.56. The number of rotatable bonds is 7. The van der Waals surface area contributed by atoms with Crippen molar-refractivity contribution in [2.45, 2.75) is 19.0 Å². The number of carbonyl (C=O) groups excluding carboxylic acids is 2. The Hall–Kier alpha value is -3.06. The Morgan fingerprint density at radius 2 is 1.71 bits per heavy atom. The van der Waals surface area contributed by atoms with Gasteiger partial charge in [-0.3, -0.25) is 9.69 Å². The second-order valence-corrected chi connectivity index (χ2v) is 7.02. The zero-order valence-electron chi connectivity index (χ0n) is 16.6. The van der Waals surface area contributed by atoms with Crippen molar-refractivity contribution in [3.63, 3.8) is 0 Å². The molecule has 0 radical (unpaired) electrons. The maximum Gasteiger partial charge on any atom is 0.326 e. The van der Waals surface area contributed by atoms with E-state index in [-0.39, 0.29) is 12.6 Å². The quantitative estimate of drug-likeness (QED) is 0.744. The van der Waals surface area contributed by atoms with Gasteiger partial charge in [-0.25, -0.2) is 9.69 Å². The molecule has 0 aliphatic carbocycles. The zero-order valence-corrected chi connectivity index (χ0v) is 16.6. The summed E-state index contributed by atoms with van der Waals surface area (Å²) in [6.45, 7) is 2.50. The van der Waals surface area contributed by atoms with E-state index in [0.717, 1.165) is 11.3 Å². The lowest BCUT2D eigenvalue weighted by molar-refractivity contribution is -0.132. The first-order chi connectivity index (χ1) is 13.4. The number of nitrogens with zero attached hydrogens (tertiary/aromatic N) is 2. The third-order valence-corrected chi connectivity index (χ3v) is 4.92. The Morgan fingerprint density at radius 1 is 1.04 bits per heavy atom. The molecule has 0 spiro atoms. The molecule has 1 fully saturated rings. The fourth-order valence-electron chi connectivity index (χ4n) is 3.29. The van der Waals surface area contributed by atoms with Crippen molar-refractivity contribution in [2.75, 3.05) is 27.9 Å². The molecular formula is C21H25N3O4. The van der Waals surface area contributed by atoms with Gasteiger partial charge in [0.25, 0.3) is 5.91 Å². The summed E-state index contributed by atoms with van der Waals surface area (Å²) in [6.07, 6.45) is 0. The van der Waals surface area contributed by atoms with Crippen LogP contribution in [0, 0.1) is 0 Å². The summed E-state index contributed by atoms with van der Waals surface area (Å²) in [5, 5.41) is 2.82. The number of imide groups is 1. The molecule has 7 nitrogen and oxygen atoms in total. The number of urea groups is 1. The number of benzene rings is 2. The molecule has 0 aromatic heterocycles. The minimum atomic E-state index is -1.12. The summed E-state index contributed by atoms with van der Waals surface area (Å²) in [5.41, 5.74) is 0.628. The standard InChI is InChI=1S/C21H25N3O4/c1-21(16-6-5-7-18(12-16)28-4)19(25)24(20(26)22-21)14-23(2)13-15-8-10-17(27-3)11-9-15/h5-12H,13-14H2,1-4H3,(H,22,26)/t21-/m1/s1. The average Bonchev–Trinajstić information content (AvgIpc) is 2.92. The number of ether oxygens (including phenoxy) is 2.